The SMILES string of the molecule is COc1cc(C(=O)NCc2cnc(C)nc2)c(F)c(-c2ncc(C)s2)c1. The fourth-order valence-corrected chi connectivity index (χ4v) is 3.08. The summed E-state index contributed by atoms with van der Waals surface area (Å²) >= 11 is 1.35. The van der Waals surface area contributed by atoms with Crippen molar-refractivity contribution in [3.63, 3.8) is 0 Å². The van der Waals surface area contributed by atoms with E-state index in [-0.39, 0.29) is 17.7 Å². The van der Waals surface area contributed by atoms with Crippen LogP contribution in [0.5, 0.6) is 5.75 Å². The van der Waals surface area contributed by atoms with Gasteiger partial charge in [0.25, 0.3) is 5.91 Å². The second-order valence-corrected chi connectivity index (χ2v) is 6.87. The smallest absolute Gasteiger partial charge is 0.254 e. The van der Waals surface area contributed by atoms with Crippen molar-refractivity contribution in [2.45, 2.75) is 20.4 Å². The Labute approximate surface area is 154 Å². The third kappa shape index (κ3) is 3.85. The molecule has 0 aliphatic carbocycles. The van der Waals surface area contributed by atoms with E-state index in [1.54, 1.807) is 25.5 Å². The largest absolute Gasteiger partial charge is 0.497 e. The maximum atomic E-state index is 14.9. The summed E-state index contributed by atoms with van der Waals surface area (Å²) in [6, 6.07) is 2.92. The van der Waals surface area contributed by atoms with E-state index in [0.29, 0.717) is 16.6 Å². The Balaban J connectivity index is 1.88. The molecule has 0 atom stereocenters. The van der Waals surface area contributed by atoms with Gasteiger partial charge in [0.2, 0.25) is 0 Å². The Kier molecular flexibility index (Phi) is 5.22. The number of methoxy groups -OCH3 is 1. The van der Waals surface area contributed by atoms with Crippen LogP contribution in [0.4, 0.5) is 4.39 Å². The van der Waals surface area contributed by atoms with Crippen LogP contribution in [0.25, 0.3) is 10.6 Å². The molecule has 0 bridgehead atoms. The number of aromatic nitrogens is 3. The van der Waals surface area contributed by atoms with Gasteiger partial charge in [0.1, 0.15) is 22.4 Å². The number of rotatable bonds is 5. The molecule has 0 radical (unpaired) electrons. The van der Waals surface area contributed by atoms with E-state index in [1.165, 1.54) is 30.6 Å². The summed E-state index contributed by atoms with van der Waals surface area (Å²) in [5, 5.41) is 3.18. The molecule has 1 N–H and O–H groups in total. The molecule has 0 saturated carbocycles. The predicted molar refractivity (Wildman–Crippen MR) is 96.7 cm³/mol. The Morgan fingerprint density at radius 1 is 1.19 bits per heavy atom. The number of nitrogens with one attached hydrogen (secondary N) is 1. The Bertz CT molecular complexity index is 941. The van der Waals surface area contributed by atoms with Gasteiger partial charge in [0, 0.05) is 35.6 Å². The van der Waals surface area contributed by atoms with Gasteiger partial charge in [-0.3, -0.25) is 4.79 Å². The number of aryl methyl sites for hydroxylation is 2. The molecular formula is C18H17FN4O2S. The van der Waals surface area contributed by atoms with Crippen molar-refractivity contribution in [2.75, 3.05) is 7.11 Å². The van der Waals surface area contributed by atoms with Crippen molar-refractivity contribution in [3.05, 3.63) is 58.4 Å². The summed E-state index contributed by atoms with van der Waals surface area (Å²) in [7, 11) is 1.47. The molecular weight excluding hydrogens is 355 g/mol. The summed E-state index contributed by atoms with van der Waals surface area (Å²) in [4.78, 5) is 25.8. The molecule has 2 heterocycles. The molecule has 8 heteroatoms. The number of carbonyl (C=O) groups is 1. The van der Waals surface area contributed by atoms with E-state index < -0.39 is 11.7 Å². The van der Waals surface area contributed by atoms with Gasteiger partial charge in [-0.1, -0.05) is 0 Å². The minimum Gasteiger partial charge on any atom is -0.497 e. The zero-order chi connectivity index (χ0) is 18.7. The fourth-order valence-electron chi connectivity index (χ4n) is 2.30. The molecule has 0 unspecified atom stereocenters. The second-order valence-electron chi connectivity index (χ2n) is 5.63. The molecule has 0 spiro atoms. The maximum absolute atomic E-state index is 14.9. The number of hydrogen-bond acceptors (Lipinski definition) is 6. The number of carbonyl (C=O) groups excluding carboxylic acids is 1. The lowest BCUT2D eigenvalue weighted by Gasteiger charge is -2.11. The van der Waals surface area contributed by atoms with Crippen LogP contribution in [0.3, 0.4) is 0 Å². The molecule has 0 saturated heterocycles. The van der Waals surface area contributed by atoms with Crippen molar-refractivity contribution in [1.29, 1.82) is 0 Å². The minimum atomic E-state index is -0.627. The van der Waals surface area contributed by atoms with Gasteiger partial charge in [-0.15, -0.1) is 11.3 Å². The van der Waals surface area contributed by atoms with Crippen molar-refractivity contribution >= 4 is 17.2 Å². The highest BCUT2D eigenvalue weighted by atomic mass is 32.1. The zero-order valence-corrected chi connectivity index (χ0v) is 15.4. The Morgan fingerprint density at radius 2 is 1.92 bits per heavy atom. The highest BCUT2D eigenvalue weighted by Crippen LogP contribution is 2.32. The van der Waals surface area contributed by atoms with Crippen LogP contribution in [-0.2, 0) is 6.54 Å². The minimum absolute atomic E-state index is 0.0970. The highest BCUT2D eigenvalue weighted by Gasteiger charge is 2.20. The molecule has 26 heavy (non-hydrogen) atoms. The molecule has 1 aromatic carbocycles. The van der Waals surface area contributed by atoms with Gasteiger partial charge in [-0.2, -0.15) is 0 Å². The summed E-state index contributed by atoms with van der Waals surface area (Å²) in [5.74, 6) is -0.144. The van der Waals surface area contributed by atoms with Crippen molar-refractivity contribution in [1.82, 2.24) is 20.3 Å². The Morgan fingerprint density at radius 3 is 2.54 bits per heavy atom. The van der Waals surface area contributed by atoms with Crippen LogP contribution in [-0.4, -0.2) is 28.0 Å². The Hall–Kier alpha value is -2.87. The highest BCUT2D eigenvalue weighted by molar-refractivity contribution is 7.14. The summed E-state index contributed by atoms with van der Waals surface area (Å²) < 4.78 is 20.2. The lowest BCUT2D eigenvalue weighted by molar-refractivity contribution is 0.0946. The lowest BCUT2D eigenvalue weighted by Crippen LogP contribution is -2.24. The second kappa shape index (κ2) is 7.57. The molecule has 6 nitrogen and oxygen atoms in total. The van der Waals surface area contributed by atoms with E-state index in [2.05, 4.69) is 20.3 Å². The maximum Gasteiger partial charge on any atom is 0.254 e. The van der Waals surface area contributed by atoms with Crippen LogP contribution in [0.1, 0.15) is 26.6 Å². The summed E-state index contributed by atoms with van der Waals surface area (Å²) in [5.41, 5.74) is 0.870. The molecule has 0 aliphatic heterocycles. The first kappa shape index (κ1) is 17.9. The van der Waals surface area contributed by atoms with Gasteiger partial charge in [-0.25, -0.2) is 19.3 Å². The van der Waals surface area contributed by atoms with Crippen molar-refractivity contribution in [3.8, 4) is 16.3 Å². The first-order valence-corrected chi connectivity index (χ1v) is 8.65. The van der Waals surface area contributed by atoms with E-state index in [9.17, 15) is 9.18 Å². The van der Waals surface area contributed by atoms with Crippen LogP contribution in [0, 0.1) is 19.7 Å². The topological polar surface area (TPSA) is 77.0 Å². The molecule has 0 fully saturated rings. The summed E-state index contributed by atoms with van der Waals surface area (Å²) in [6.07, 6.45) is 4.90. The number of thiazole rings is 1. The molecule has 2 aromatic heterocycles. The number of nitrogens with zero attached hydrogens (tertiary/aromatic N) is 3. The standard InChI is InChI=1S/C18H17FN4O2S/c1-10-6-23-18(26-10)15-5-13(25-3)4-14(16(15)19)17(24)22-9-12-7-20-11(2)21-8-12/h4-8H,9H2,1-3H3,(H,22,24). The predicted octanol–water partition coefficient (Wildman–Crippen LogP) is 3.29. The van der Waals surface area contributed by atoms with Gasteiger partial charge in [0.05, 0.1) is 18.2 Å². The summed E-state index contributed by atoms with van der Waals surface area (Å²) in [6.45, 7) is 3.85. The fraction of sp³-hybridized carbons (Fsp3) is 0.222. The average molecular weight is 372 g/mol. The first-order chi connectivity index (χ1) is 12.5. The monoisotopic (exact) mass is 372 g/mol. The first-order valence-electron chi connectivity index (χ1n) is 7.84. The molecule has 1 amide bonds. The van der Waals surface area contributed by atoms with Crippen molar-refractivity contribution < 1.29 is 13.9 Å². The number of hydrogen-bond donors (Lipinski definition) is 1. The quantitative estimate of drug-likeness (QED) is 0.744. The van der Waals surface area contributed by atoms with E-state index in [4.69, 9.17) is 4.74 Å². The molecule has 134 valence electrons. The molecule has 3 rings (SSSR count). The van der Waals surface area contributed by atoms with Gasteiger partial charge in [-0.05, 0) is 26.0 Å². The van der Waals surface area contributed by atoms with Gasteiger partial charge >= 0.3 is 0 Å². The van der Waals surface area contributed by atoms with Gasteiger partial charge < -0.3 is 10.1 Å². The van der Waals surface area contributed by atoms with Crippen LogP contribution < -0.4 is 10.1 Å². The molecule has 3 aromatic rings. The van der Waals surface area contributed by atoms with E-state index in [0.717, 1.165) is 10.4 Å². The zero-order valence-electron chi connectivity index (χ0n) is 14.5. The third-order valence-corrected chi connectivity index (χ3v) is 4.61. The average Bonchev–Trinajstić information content (AvgIpc) is 3.07. The lowest BCUT2D eigenvalue weighted by atomic mass is 10.1. The van der Waals surface area contributed by atoms with E-state index in [1.807, 2.05) is 6.92 Å². The number of benzene rings is 1. The molecule has 0 aliphatic rings. The van der Waals surface area contributed by atoms with Crippen molar-refractivity contribution in [2.24, 2.45) is 0 Å². The number of ether oxygens (including phenoxy) is 1. The van der Waals surface area contributed by atoms with Crippen LogP contribution in [0.15, 0.2) is 30.7 Å². The number of halogens is 1. The van der Waals surface area contributed by atoms with Gasteiger partial charge in [0.15, 0.2) is 0 Å². The van der Waals surface area contributed by atoms with E-state index >= 15 is 0 Å². The van der Waals surface area contributed by atoms with Crippen LogP contribution >= 0.6 is 11.3 Å². The number of amides is 1. The van der Waals surface area contributed by atoms with Crippen LogP contribution in [0.2, 0.25) is 0 Å². The normalized spacial score (nSPS) is 10.6. The third-order valence-electron chi connectivity index (χ3n) is 3.67.